The number of nitro groups is 1. The minimum Gasteiger partial charge on any atom is -0.491 e. The Morgan fingerprint density at radius 3 is 2.73 bits per heavy atom. The zero-order chi connectivity index (χ0) is 16.3. The summed E-state index contributed by atoms with van der Waals surface area (Å²) < 4.78 is 6.96. The van der Waals surface area contributed by atoms with Gasteiger partial charge in [-0.3, -0.25) is 14.8 Å². The summed E-state index contributed by atoms with van der Waals surface area (Å²) in [7, 11) is 0. The molecule has 0 fully saturated rings. The van der Waals surface area contributed by atoms with Crippen LogP contribution in [0.4, 0.5) is 5.69 Å². The van der Waals surface area contributed by atoms with E-state index in [2.05, 4.69) is 5.10 Å². The highest BCUT2D eigenvalue weighted by Gasteiger charge is 2.22. The summed E-state index contributed by atoms with van der Waals surface area (Å²) in [6, 6.07) is 7.52. The van der Waals surface area contributed by atoms with Crippen LogP contribution in [-0.2, 0) is 6.54 Å². The molecule has 0 spiro atoms. The quantitative estimate of drug-likeness (QED) is 0.652. The minimum atomic E-state index is -0.807. The van der Waals surface area contributed by atoms with Crippen molar-refractivity contribution in [3.05, 3.63) is 51.3 Å². The molecular formula is C15H19N3O4. The van der Waals surface area contributed by atoms with Crippen molar-refractivity contribution in [1.82, 2.24) is 9.78 Å². The van der Waals surface area contributed by atoms with Crippen molar-refractivity contribution in [2.45, 2.75) is 33.4 Å². The Kier molecular flexibility index (Phi) is 4.77. The van der Waals surface area contributed by atoms with Gasteiger partial charge in [-0.15, -0.1) is 0 Å². The van der Waals surface area contributed by atoms with E-state index >= 15 is 0 Å². The second kappa shape index (κ2) is 6.57. The van der Waals surface area contributed by atoms with Crippen molar-refractivity contribution in [2.75, 3.05) is 6.61 Å². The Hall–Kier alpha value is -2.41. The monoisotopic (exact) mass is 305 g/mol. The van der Waals surface area contributed by atoms with Gasteiger partial charge in [0.15, 0.2) is 0 Å². The van der Waals surface area contributed by atoms with Gasteiger partial charge in [-0.25, -0.2) is 0 Å². The van der Waals surface area contributed by atoms with Crippen LogP contribution < -0.4 is 4.74 Å². The van der Waals surface area contributed by atoms with Gasteiger partial charge in [0.05, 0.1) is 11.5 Å². The van der Waals surface area contributed by atoms with E-state index in [9.17, 15) is 15.2 Å². The number of rotatable bonds is 6. The first-order valence-electron chi connectivity index (χ1n) is 6.94. The summed E-state index contributed by atoms with van der Waals surface area (Å²) in [5.41, 5.74) is 1.83. The van der Waals surface area contributed by atoms with E-state index in [1.807, 2.05) is 31.2 Å². The van der Waals surface area contributed by atoms with Gasteiger partial charge in [-0.2, -0.15) is 5.10 Å². The molecule has 22 heavy (non-hydrogen) atoms. The van der Waals surface area contributed by atoms with E-state index in [1.54, 1.807) is 13.8 Å². The molecule has 0 aliphatic heterocycles. The number of hydrogen-bond donors (Lipinski definition) is 1. The van der Waals surface area contributed by atoms with Crippen LogP contribution in [0, 0.1) is 30.9 Å². The lowest BCUT2D eigenvalue weighted by Gasteiger charge is -2.13. The molecular weight excluding hydrogens is 286 g/mol. The molecule has 1 atom stereocenters. The maximum absolute atomic E-state index is 10.9. The van der Waals surface area contributed by atoms with Gasteiger partial charge >= 0.3 is 5.69 Å². The predicted octanol–water partition coefficient (Wildman–Crippen LogP) is 2.16. The second-order valence-electron chi connectivity index (χ2n) is 5.24. The fourth-order valence-corrected chi connectivity index (χ4v) is 2.28. The first kappa shape index (κ1) is 16.0. The standard InChI is InChI=1S/C15H19N3O4/c1-10-5-4-6-14(7-10)22-9-13(19)8-17-12(3)15(18(20)21)11(2)16-17/h4-7,13,19H,8-9H2,1-3H3. The molecule has 7 nitrogen and oxygen atoms in total. The molecule has 1 N–H and O–H groups in total. The maximum Gasteiger partial charge on any atom is 0.312 e. The van der Waals surface area contributed by atoms with Gasteiger partial charge in [0.1, 0.15) is 29.8 Å². The average Bonchev–Trinajstić information content (AvgIpc) is 2.71. The summed E-state index contributed by atoms with van der Waals surface area (Å²) in [4.78, 5) is 10.5. The number of aliphatic hydroxyl groups excluding tert-OH is 1. The van der Waals surface area contributed by atoms with Crippen LogP contribution in [-0.4, -0.2) is 32.5 Å². The molecule has 7 heteroatoms. The molecule has 2 rings (SSSR count). The first-order chi connectivity index (χ1) is 10.4. The van der Waals surface area contributed by atoms with Crippen LogP contribution >= 0.6 is 0 Å². The summed E-state index contributed by atoms with van der Waals surface area (Å²) >= 11 is 0. The van der Waals surface area contributed by atoms with Crippen molar-refractivity contribution >= 4 is 5.69 Å². The molecule has 0 aliphatic rings. The smallest absolute Gasteiger partial charge is 0.312 e. The lowest BCUT2D eigenvalue weighted by molar-refractivity contribution is -0.386. The van der Waals surface area contributed by atoms with Gasteiger partial charge in [-0.1, -0.05) is 12.1 Å². The summed E-state index contributed by atoms with van der Waals surface area (Å²) in [5.74, 6) is 0.679. The topological polar surface area (TPSA) is 90.4 Å². The number of nitrogens with zero attached hydrogens (tertiary/aromatic N) is 3. The molecule has 1 aromatic heterocycles. The van der Waals surface area contributed by atoms with Gasteiger partial charge < -0.3 is 9.84 Å². The fraction of sp³-hybridized carbons (Fsp3) is 0.400. The molecule has 1 heterocycles. The second-order valence-corrected chi connectivity index (χ2v) is 5.24. The van der Waals surface area contributed by atoms with Crippen LogP contribution in [0.1, 0.15) is 17.0 Å². The number of aromatic nitrogens is 2. The molecule has 0 bridgehead atoms. The predicted molar refractivity (Wildman–Crippen MR) is 81.0 cm³/mol. The van der Waals surface area contributed by atoms with Crippen molar-refractivity contribution in [3.8, 4) is 5.75 Å². The minimum absolute atomic E-state index is 0.00759. The molecule has 2 aromatic rings. The number of aliphatic hydroxyl groups is 1. The fourth-order valence-electron chi connectivity index (χ4n) is 2.28. The number of aryl methyl sites for hydroxylation is 2. The van der Waals surface area contributed by atoms with Crippen molar-refractivity contribution < 1.29 is 14.8 Å². The van der Waals surface area contributed by atoms with Crippen LogP contribution in [0.3, 0.4) is 0 Å². The Morgan fingerprint density at radius 1 is 1.41 bits per heavy atom. The maximum atomic E-state index is 10.9. The third kappa shape index (κ3) is 3.62. The Bertz CT molecular complexity index is 681. The summed E-state index contributed by atoms with van der Waals surface area (Å²) in [6.07, 6.45) is -0.807. The zero-order valence-electron chi connectivity index (χ0n) is 12.8. The highest BCUT2D eigenvalue weighted by Crippen LogP contribution is 2.22. The van der Waals surface area contributed by atoms with Crippen molar-refractivity contribution in [1.29, 1.82) is 0 Å². The van der Waals surface area contributed by atoms with Gasteiger partial charge in [0, 0.05) is 0 Å². The highest BCUT2D eigenvalue weighted by molar-refractivity contribution is 5.39. The van der Waals surface area contributed by atoms with E-state index in [0.29, 0.717) is 17.1 Å². The highest BCUT2D eigenvalue weighted by atomic mass is 16.6. The molecule has 118 valence electrons. The van der Waals surface area contributed by atoms with Crippen molar-refractivity contribution in [2.24, 2.45) is 0 Å². The lowest BCUT2D eigenvalue weighted by Crippen LogP contribution is -2.24. The SMILES string of the molecule is Cc1cccc(OCC(O)Cn2nc(C)c([N+](=O)[O-])c2C)c1. The summed E-state index contributed by atoms with van der Waals surface area (Å²) in [6.45, 7) is 5.39. The molecule has 1 aromatic carbocycles. The normalized spacial score (nSPS) is 12.2. The van der Waals surface area contributed by atoms with Crippen molar-refractivity contribution in [3.63, 3.8) is 0 Å². The van der Waals surface area contributed by atoms with E-state index in [4.69, 9.17) is 4.74 Å². The molecule has 0 aliphatic carbocycles. The Balaban J connectivity index is 1.99. The summed E-state index contributed by atoms with van der Waals surface area (Å²) in [5, 5.41) is 25.1. The van der Waals surface area contributed by atoms with Crippen LogP contribution in [0.5, 0.6) is 5.75 Å². The Morgan fingerprint density at radius 2 is 2.14 bits per heavy atom. The van der Waals surface area contributed by atoms with Gasteiger partial charge in [0.2, 0.25) is 0 Å². The third-order valence-corrected chi connectivity index (χ3v) is 3.34. The molecule has 0 saturated heterocycles. The molecule has 0 radical (unpaired) electrons. The van der Waals surface area contributed by atoms with Gasteiger partial charge in [-0.05, 0) is 38.5 Å². The lowest BCUT2D eigenvalue weighted by atomic mass is 10.2. The van der Waals surface area contributed by atoms with Crippen LogP contribution in [0.2, 0.25) is 0 Å². The molecule has 0 amide bonds. The zero-order valence-corrected chi connectivity index (χ0v) is 12.8. The number of ether oxygens (including phenoxy) is 1. The molecule has 0 saturated carbocycles. The van der Waals surface area contributed by atoms with E-state index in [-0.39, 0.29) is 18.8 Å². The van der Waals surface area contributed by atoms with Crippen LogP contribution in [0.15, 0.2) is 24.3 Å². The van der Waals surface area contributed by atoms with E-state index in [1.165, 1.54) is 4.68 Å². The van der Waals surface area contributed by atoms with E-state index in [0.717, 1.165) is 5.56 Å². The average molecular weight is 305 g/mol. The van der Waals surface area contributed by atoms with Crippen LogP contribution in [0.25, 0.3) is 0 Å². The third-order valence-electron chi connectivity index (χ3n) is 3.34. The van der Waals surface area contributed by atoms with E-state index < -0.39 is 11.0 Å². The Labute approximate surface area is 128 Å². The number of hydrogen-bond acceptors (Lipinski definition) is 5. The largest absolute Gasteiger partial charge is 0.491 e. The molecule has 1 unspecified atom stereocenters. The van der Waals surface area contributed by atoms with Gasteiger partial charge in [0.25, 0.3) is 0 Å². The first-order valence-corrected chi connectivity index (χ1v) is 6.94. The number of benzene rings is 1.